The van der Waals surface area contributed by atoms with Gasteiger partial charge in [-0.25, -0.2) is 0 Å². The number of hydrogen-bond acceptors (Lipinski definition) is 4. The monoisotopic (exact) mass is 398 g/mol. The molecule has 1 aliphatic heterocycles. The van der Waals surface area contributed by atoms with Crippen LogP contribution in [0.3, 0.4) is 0 Å². The summed E-state index contributed by atoms with van der Waals surface area (Å²) in [4.78, 5) is 24.7. The standard InChI is InChI=1S/C25H34O4/c1-22-8-5-13(26)12-24(22,28)17-10-14(17)20-16(22)6-9-23(2)21(20)15-11-18(15)25(23)7-3-4-19(27)29-25/h14-18,20-21,28H,3-12H2,1-2H3/t14?,15?,16?,17-,18+,20?,21?,22-,23+,24-,25+/m1/s1. The minimum atomic E-state index is -0.765. The fourth-order valence-corrected chi connectivity index (χ4v) is 10.5. The van der Waals surface area contributed by atoms with Gasteiger partial charge in [-0.05, 0) is 80.5 Å². The normalized spacial score (nSPS) is 64.3. The molecule has 7 rings (SSSR count). The van der Waals surface area contributed by atoms with Crippen molar-refractivity contribution in [3.63, 3.8) is 0 Å². The summed E-state index contributed by atoms with van der Waals surface area (Å²) in [5.41, 5.74) is -0.974. The number of aliphatic hydroxyl groups is 1. The zero-order chi connectivity index (χ0) is 20.0. The van der Waals surface area contributed by atoms with Crippen LogP contribution in [0.25, 0.3) is 0 Å². The molecule has 1 spiro atoms. The zero-order valence-electron chi connectivity index (χ0n) is 17.8. The van der Waals surface area contributed by atoms with Gasteiger partial charge in [0.1, 0.15) is 11.4 Å². The number of Topliss-reactive ketones (excluding diaryl/α,β-unsaturated/α-hetero) is 1. The van der Waals surface area contributed by atoms with Crippen molar-refractivity contribution in [3.8, 4) is 0 Å². The maximum atomic E-state index is 12.4. The molecule has 0 bridgehead atoms. The van der Waals surface area contributed by atoms with Gasteiger partial charge in [-0.2, -0.15) is 0 Å². The molecule has 11 atom stereocenters. The summed E-state index contributed by atoms with van der Waals surface area (Å²) in [6, 6.07) is 0. The van der Waals surface area contributed by atoms with Crippen molar-refractivity contribution in [2.24, 2.45) is 52.3 Å². The van der Waals surface area contributed by atoms with E-state index in [1.807, 2.05) is 0 Å². The Morgan fingerprint density at radius 2 is 1.72 bits per heavy atom. The molecule has 0 amide bonds. The number of ketones is 1. The van der Waals surface area contributed by atoms with E-state index in [-0.39, 0.29) is 28.2 Å². The van der Waals surface area contributed by atoms with Crippen molar-refractivity contribution >= 4 is 11.8 Å². The molecule has 0 aromatic carbocycles. The predicted molar refractivity (Wildman–Crippen MR) is 106 cm³/mol. The summed E-state index contributed by atoms with van der Waals surface area (Å²) in [5.74, 6) is 4.35. The summed E-state index contributed by atoms with van der Waals surface area (Å²) < 4.78 is 6.32. The van der Waals surface area contributed by atoms with E-state index < -0.39 is 5.60 Å². The van der Waals surface area contributed by atoms with Crippen LogP contribution in [0.4, 0.5) is 0 Å². The second-order valence-corrected chi connectivity index (χ2v) is 12.5. The molecular weight excluding hydrogens is 364 g/mol. The quantitative estimate of drug-likeness (QED) is 0.629. The highest BCUT2D eigenvalue weighted by Gasteiger charge is 2.82. The maximum Gasteiger partial charge on any atom is 0.306 e. The molecule has 7 aliphatic rings. The molecule has 4 heteroatoms. The van der Waals surface area contributed by atoms with Gasteiger partial charge >= 0.3 is 5.97 Å². The van der Waals surface area contributed by atoms with E-state index in [1.54, 1.807) is 0 Å². The van der Waals surface area contributed by atoms with Crippen molar-refractivity contribution in [2.75, 3.05) is 0 Å². The number of esters is 1. The first-order chi connectivity index (χ1) is 13.8. The van der Waals surface area contributed by atoms with Crippen LogP contribution in [-0.2, 0) is 14.3 Å². The maximum absolute atomic E-state index is 12.4. The molecule has 5 unspecified atom stereocenters. The Bertz CT molecular complexity index is 837. The van der Waals surface area contributed by atoms with Gasteiger partial charge in [0, 0.05) is 36.0 Å². The van der Waals surface area contributed by atoms with E-state index in [0.29, 0.717) is 54.8 Å². The third-order valence-corrected chi connectivity index (χ3v) is 11.8. The van der Waals surface area contributed by atoms with Gasteiger partial charge in [0.15, 0.2) is 0 Å². The number of rotatable bonds is 0. The Balaban J connectivity index is 1.31. The van der Waals surface area contributed by atoms with Gasteiger partial charge in [0.05, 0.1) is 5.60 Å². The van der Waals surface area contributed by atoms with Gasteiger partial charge < -0.3 is 9.84 Å². The highest BCUT2D eigenvalue weighted by molar-refractivity contribution is 5.81. The van der Waals surface area contributed by atoms with Gasteiger partial charge in [-0.3, -0.25) is 9.59 Å². The molecule has 0 aromatic rings. The number of fused-ring (bicyclic) bond motifs is 12. The number of ether oxygens (including phenoxy) is 1. The number of carbonyl (C=O) groups is 2. The first-order valence-corrected chi connectivity index (χ1v) is 12.2. The Kier molecular flexibility index (Phi) is 3.03. The zero-order valence-corrected chi connectivity index (χ0v) is 17.8. The third kappa shape index (κ3) is 1.77. The molecule has 0 aromatic heterocycles. The van der Waals surface area contributed by atoms with E-state index in [1.165, 1.54) is 6.42 Å². The van der Waals surface area contributed by atoms with Crippen LogP contribution in [0.1, 0.15) is 78.1 Å². The minimum absolute atomic E-state index is 0.0333. The Hall–Kier alpha value is -0.900. The first kappa shape index (κ1) is 17.7. The summed E-state index contributed by atoms with van der Waals surface area (Å²) in [5, 5.41) is 11.8. The summed E-state index contributed by atoms with van der Waals surface area (Å²) in [7, 11) is 0. The lowest BCUT2D eigenvalue weighted by molar-refractivity contribution is -0.232. The minimum Gasteiger partial charge on any atom is -0.458 e. The van der Waals surface area contributed by atoms with E-state index in [9.17, 15) is 14.7 Å². The second kappa shape index (κ2) is 4.95. The fraction of sp³-hybridized carbons (Fsp3) is 0.920. The van der Waals surface area contributed by atoms with Gasteiger partial charge in [0.2, 0.25) is 0 Å². The molecule has 1 N–H and O–H groups in total. The molecule has 6 saturated carbocycles. The van der Waals surface area contributed by atoms with Crippen molar-refractivity contribution in [2.45, 2.75) is 89.3 Å². The average molecular weight is 399 g/mol. The van der Waals surface area contributed by atoms with Crippen molar-refractivity contribution in [1.29, 1.82) is 0 Å². The molecule has 158 valence electrons. The highest BCUT2D eigenvalue weighted by atomic mass is 16.6. The van der Waals surface area contributed by atoms with E-state index in [0.717, 1.165) is 44.4 Å². The lowest BCUT2D eigenvalue weighted by atomic mass is 9.42. The molecule has 6 aliphatic carbocycles. The largest absolute Gasteiger partial charge is 0.458 e. The van der Waals surface area contributed by atoms with Gasteiger partial charge in [-0.15, -0.1) is 0 Å². The van der Waals surface area contributed by atoms with Crippen LogP contribution in [0.15, 0.2) is 0 Å². The molecule has 29 heavy (non-hydrogen) atoms. The smallest absolute Gasteiger partial charge is 0.306 e. The van der Waals surface area contributed by atoms with Crippen molar-refractivity contribution in [1.82, 2.24) is 0 Å². The fourth-order valence-electron chi connectivity index (χ4n) is 10.5. The molecular formula is C25H34O4. The Labute approximate surface area is 173 Å². The van der Waals surface area contributed by atoms with Crippen LogP contribution < -0.4 is 0 Å². The average Bonchev–Trinajstić information content (AvgIpc) is 3.56. The van der Waals surface area contributed by atoms with Crippen LogP contribution in [0.5, 0.6) is 0 Å². The second-order valence-electron chi connectivity index (χ2n) is 12.5. The van der Waals surface area contributed by atoms with Gasteiger partial charge in [-0.1, -0.05) is 13.8 Å². The molecule has 7 fully saturated rings. The Morgan fingerprint density at radius 1 is 0.931 bits per heavy atom. The van der Waals surface area contributed by atoms with E-state index in [4.69, 9.17) is 4.74 Å². The van der Waals surface area contributed by atoms with Crippen molar-refractivity contribution in [3.05, 3.63) is 0 Å². The molecule has 4 nitrogen and oxygen atoms in total. The number of carbonyl (C=O) groups excluding carboxylic acids is 2. The Morgan fingerprint density at radius 3 is 2.52 bits per heavy atom. The predicted octanol–water partition coefficient (Wildman–Crippen LogP) is 3.89. The topological polar surface area (TPSA) is 63.6 Å². The van der Waals surface area contributed by atoms with Crippen LogP contribution >= 0.6 is 0 Å². The molecule has 1 heterocycles. The van der Waals surface area contributed by atoms with E-state index in [2.05, 4.69) is 13.8 Å². The lowest BCUT2D eigenvalue weighted by Crippen LogP contribution is -2.65. The van der Waals surface area contributed by atoms with Crippen molar-refractivity contribution < 1.29 is 19.4 Å². The molecule has 0 radical (unpaired) electrons. The number of hydrogen-bond donors (Lipinski definition) is 1. The summed E-state index contributed by atoms with van der Waals surface area (Å²) in [6.07, 6.45) is 9.16. The van der Waals surface area contributed by atoms with Crippen LogP contribution in [0, 0.1) is 52.3 Å². The SMILES string of the molecule is C[C@]12CCC3C(C4C[C@H]4[C@]4(O)CC(=O)CC[C@]34C)C1C1C[C@@H]1[C@@]21CCCC(=O)O1. The van der Waals surface area contributed by atoms with Crippen LogP contribution in [0.2, 0.25) is 0 Å². The highest BCUT2D eigenvalue weighted by Crippen LogP contribution is 2.82. The van der Waals surface area contributed by atoms with E-state index >= 15 is 0 Å². The summed E-state index contributed by atoms with van der Waals surface area (Å²) >= 11 is 0. The third-order valence-electron chi connectivity index (χ3n) is 11.8. The lowest BCUT2D eigenvalue weighted by Gasteiger charge is -2.64. The first-order valence-electron chi connectivity index (χ1n) is 12.2. The molecule has 1 saturated heterocycles. The van der Waals surface area contributed by atoms with Gasteiger partial charge in [0.25, 0.3) is 0 Å². The van der Waals surface area contributed by atoms with Crippen LogP contribution in [-0.4, -0.2) is 28.1 Å². The summed E-state index contributed by atoms with van der Waals surface area (Å²) in [6.45, 7) is 4.79.